The van der Waals surface area contributed by atoms with Gasteiger partial charge in [-0.3, -0.25) is 4.90 Å². The molecule has 1 aromatic rings. The molecule has 1 fully saturated rings. The number of hydrogen-bond acceptors (Lipinski definition) is 4. The first-order valence-electron chi connectivity index (χ1n) is 7.26. The minimum atomic E-state index is 0.141. The second-order valence-electron chi connectivity index (χ2n) is 6.89. The van der Waals surface area contributed by atoms with Gasteiger partial charge < -0.3 is 5.73 Å². The predicted molar refractivity (Wildman–Crippen MR) is 82.6 cm³/mol. The second-order valence-corrected chi connectivity index (χ2v) is 7.75. The number of aromatic nitrogens is 1. The van der Waals surface area contributed by atoms with Crippen LogP contribution in [0.1, 0.15) is 57.8 Å². The molecule has 0 aromatic carbocycles. The van der Waals surface area contributed by atoms with E-state index in [9.17, 15) is 0 Å². The number of nitrogens with two attached hydrogens (primary N) is 1. The maximum Gasteiger partial charge on any atom is 0.0982 e. The van der Waals surface area contributed by atoms with Crippen LogP contribution in [-0.2, 0) is 5.41 Å². The summed E-state index contributed by atoms with van der Waals surface area (Å²) in [5, 5.41) is 3.48. The molecule has 2 heterocycles. The molecular weight excluding hydrogens is 254 g/mol. The van der Waals surface area contributed by atoms with Crippen LogP contribution in [0.25, 0.3) is 0 Å². The van der Waals surface area contributed by atoms with Crippen molar-refractivity contribution in [3.8, 4) is 0 Å². The lowest BCUT2D eigenvalue weighted by atomic mass is 9.96. The fourth-order valence-corrected chi connectivity index (χ4v) is 3.82. The molecule has 4 heteroatoms. The van der Waals surface area contributed by atoms with Crippen molar-refractivity contribution in [3.05, 3.63) is 16.1 Å². The van der Waals surface area contributed by atoms with E-state index in [1.807, 2.05) is 0 Å². The fourth-order valence-electron chi connectivity index (χ4n) is 2.89. The summed E-state index contributed by atoms with van der Waals surface area (Å²) in [7, 11) is 0. The van der Waals surface area contributed by atoms with E-state index in [-0.39, 0.29) is 5.41 Å². The summed E-state index contributed by atoms with van der Waals surface area (Å²) in [5.41, 5.74) is 7.34. The molecule has 108 valence electrons. The number of thiazole rings is 1. The lowest BCUT2D eigenvalue weighted by Crippen LogP contribution is -2.33. The van der Waals surface area contributed by atoms with E-state index in [1.165, 1.54) is 17.1 Å². The van der Waals surface area contributed by atoms with Crippen LogP contribution >= 0.6 is 11.3 Å². The van der Waals surface area contributed by atoms with Gasteiger partial charge in [-0.25, -0.2) is 4.98 Å². The Labute approximate surface area is 121 Å². The molecule has 19 heavy (non-hydrogen) atoms. The molecule has 2 rings (SSSR count). The Balaban J connectivity index is 2.29. The van der Waals surface area contributed by atoms with Crippen LogP contribution in [0.2, 0.25) is 0 Å². The Morgan fingerprint density at radius 3 is 2.63 bits per heavy atom. The first-order chi connectivity index (χ1) is 8.84. The van der Waals surface area contributed by atoms with Gasteiger partial charge in [0.05, 0.1) is 16.7 Å². The Kier molecular flexibility index (Phi) is 4.33. The molecule has 0 spiro atoms. The van der Waals surface area contributed by atoms with E-state index in [1.54, 1.807) is 11.3 Å². The molecule has 0 bridgehead atoms. The highest BCUT2D eigenvalue weighted by Crippen LogP contribution is 2.39. The van der Waals surface area contributed by atoms with Gasteiger partial charge in [0.25, 0.3) is 0 Å². The lowest BCUT2D eigenvalue weighted by molar-refractivity contribution is 0.181. The molecule has 0 saturated carbocycles. The molecule has 2 unspecified atom stereocenters. The Hall–Kier alpha value is -0.450. The zero-order valence-electron chi connectivity index (χ0n) is 12.8. The first kappa shape index (κ1) is 14.9. The molecule has 0 amide bonds. The maximum absolute atomic E-state index is 5.97. The van der Waals surface area contributed by atoms with Crippen LogP contribution in [0.15, 0.2) is 5.38 Å². The van der Waals surface area contributed by atoms with Gasteiger partial charge in [-0.2, -0.15) is 0 Å². The molecule has 1 saturated heterocycles. The zero-order valence-corrected chi connectivity index (χ0v) is 13.6. The summed E-state index contributed by atoms with van der Waals surface area (Å²) < 4.78 is 0. The molecule has 1 aliphatic heterocycles. The van der Waals surface area contributed by atoms with Gasteiger partial charge in [-0.1, -0.05) is 20.8 Å². The Morgan fingerprint density at radius 2 is 2.16 bits per heavy atom. The topological polar surface area (TPSA) is 42.1 Å². The molecule has 0 radical (unpaired) electrons. The molecule has 1 aromatic heterocycles. The van der Waals surface area contributed by atoms with E-state index >= 15 is 0 Å². The summed E-state index contributed by atoms with van der Waals surface area (Å²) in [4.78, 5) is 7.47. The van der Waals surface area contributed by atoms with Gasteiger partial charge >= 0.3 is 0 Å². The summed E-state index contributed by atoms with van der Waals surface area (Å²) in [6, 6.07) is 0.971. The average molecular weight is 281 g/mol. The van der Waals surface area contributed by atoms with Gasteiger partial charge in [0.2, 0.25) is 0 Å². The molecule has 1 aliphatic rings. The normalized spacial score (nSPS) is 25.4. The van der Waals surface area contributed by atoms with Gasteiger partial charge in [-0.15, -0.1) is 11.3 Å². The largest absolute Gasteiger partial charge is 0.330 e. The molecule has 0 aliphatic carbocycles. The van der Waals surface area contributed by atoms with Crippen molar-refractivity contribution in [1.29, 1.82) is 0 Å². The van der Waals surface area contributed by atoms with Gasteiger partial charge in [-0.05, 0) is 39.3 Å². The van der Waals surface area contributed by atoms with Crippen molar-refractivity contribution in [2.75, 3.05) is 13.1 Å². The summed E-state index contributed by atoms with van der Waals surface area (Å²) >= 11 is 1.79. The number of rotatable bonds is 3. The van der Waals surface area contributed by atoms with Crippen LogP contribution in [0.4, 0.5) is 0 Å². The maximum atomic E-state index is 5.97. The second kappa shape index (κ2) is 5.51. The standard InChI is InChI=1S/C15H27N3S/c1-10(2)18-7-6-11(8-16)13(18)12-9-19-14(17-12)15(3,4)5/h9-11,13H,6-8,16H2,1-5H3. The van der Waals surface area contributed by atoms with Crippen LogP contribution in [0.5, 0.6) is 0 Å². The molecule has 2 atom stereocenters. The minimum absolute atomic E-state index is 0.141. The van der Waals surface area contributed by atoms with E-state index < -0.39 is 0 Å². The molecule has 2 N–H and O–H groups in total. The van der Waals surface area contributed by atoms with Gasteiger partial charge in [0, 0.05) is 16.8 Å². The third-order valence-corrected chi connectivity index (χ3v) is 5.28. The quantitative estimate of drug-likeness (QED) is 0.925. The van der Waals surface area contributed by atoms with Crippen molar-refractivity contribution >= 4 is 11.3 Å². The van der Waals surface area contributed by atoms with Gasteiger partial charge in [0.15, 0.2) is 0 Å². The predicted octanol–water partition coefficient (Wildman–Crippen LogP) is 3.17. The van der Waals surface area contributed by atoms with Crippen LogP contribution in [0, 0.1) is 5.92 Å². The van der Waals surface area contributed by atoms with E-state index in [0.717, 1.165) is 13.1 Å². The van der Waals surface area contributed by atoms with E-state index in [0.29, 0.717) is 18.0 Å². The van der Waals surface area contributed by atoms with Crippen molar-refractivity contribution in [3.63, 3.8) is 0 Å². The number of nitrogens with zero attached hydrogens (tertiary/aromatic N) is 2. The van der Waals surface area contributed by atoms with Crippen molar-refractivity contribution in [2.45, 2.75) is 58.5 Å². The molecular formula is C15H27N3S. The lowest BCUT2D eigenvalue weighted by Gasteiger charge is -2.29. The Morgan fingerprint density at radius 1 is 1.47 bits per heavy atom. The first-order valence-corrected chi connectivity index (χ1v) is 8.14. The zero-order chi connectivity index (χ0) is 14.2. The summed E-state index contributed by atoms with van der Waals surface area (Å²) in [6.45, 7) is 13.1. The van der Waals surface area contributed by atoms with Crippen LogP contribution < -0.4 is 5.73 Å². The highest BCUT2D eigenvalue weighted by molar-refractivity contribution is 7.09. The monoisotopic (exact) mass is 281 g/mol. The van der Waals surface area contributed by atoms with Crippen molar-refractivity contribution in [1.82, 2.24) is 9.88 Å². The van der Waals surface area contributed by atoms with Crippen LogP contribution in [-0.4, -0.2) is 29.0 Å². The summed E-state index contributed by atoms with van der Waals surface area (Å²) in [5.74, 6) is 0.553. The highest BCUT2D eigenvalue weighted by atomic mass is 32.1. The summed E-state index contributed by atoms with van der Waals surface area (Å²) in [6.07, 6.45) is 1.20. The third-order valence-electron chi connectivity index (χ3n) is 3.99. The molecule has 3 nitrogen and oxygen atoms in total. The number of likely N-dealkylation sites (tertiary alicyclic amines) is 1. The van der Waals surface area contributed by atoms with Gasteiger partial charge in [0.1, 0.15) is 0 Å². The van der Waals surface area contributed by atoms with Crippen molar-refractivity contribution in [2.24, 2.45) is 11.7 Å². The minimum Gasteiger partial charge on any atom is -0.330 e. The SMILES string of the molecule is CC(C)N1CCC(CN)C1c1csc(C(C)(C)C)n1. The van der Waals surface area contributed by atoms with E-state index in [4.69, 9.17) is 10.7 Å². The third kappa shape index (κ3) is 3.01. The fraction of sp³-hybridized carbons (Fsp3) is 0.800. The smallest absolute Gasteiger partial charge is 0.0982 e. The van der Waals surface area contributed by atoms with Crippen LogP contribution in [0.3, 0.4) is 0 Å². The number of hydrogen-bond donors (Lipinski definition) is 1. The highest BCUT2D eigenvalue weighted by Gasteiger charge is 2.37. The van der Waals surface area contributed by atoms with Crippen molar-refractivity contribution < 1.29 is 0 Å². The Bertz CT molecular complexity index is 419. The van der Waals surface area contributed by atoms with E-state index in [2.05, 4.69) is 44.9 Å². The average Bonchev–Trinajstić information content (AvgIpc) is 2.93.